The second kappa shape index (κ2) is 16.6. The van der Waals surface area contributed by atoms with Gasteiger partial charge in [-0.15, -0.1) is 0 Å². The van der Waals surface area contributed by atoms with Crippen molar-refractivity contribution in [2.24, 2.45) is 22.2 Å². The first-order chi connectivity index (χ1) is 24.9. The number of nitrogens with one attached hydrogen (secondary N) is 5. The van der Waals surface area contributed by atoms with Crippen molar-refractivity contribution in [1.29, 1.82) is 0 Å². The summed E-state index contributed by atoms with van der Waals surface area (Å²) in [7, 11) is 0. The molecule has 17 heteroatoms. The lowest BCUT2D eigenvalue weighted by Crippen LogP contribution is -2.57. The highest BCUT2D eigenvalue weighted by atomic mass is 19.1. The highest BCUT2D eigenvalue weighted by molar-refractivity contribution is 6.04. The van der Waals surface area contributed by atoms with Gasteiger partial charge in [-0.25, -0.2) is 9.37 Å². The molecule has 1 aliphatic rings. The van der Waals surface area contributed by atoms with Crippen molar-refractivity contribution >= 4 is 52.2 Å². The van der Waals surface area contributed by atoms with Crippen LogP contribution >= 0.6 is 0 Å². The number of aromatic amines is 1. The third-order valence-corrected chi connectivity index (χ3v) is 8.76. The third-order valence-electron chi connectivity index (χ3n) is 8.76. The van der Waals surface area contributed by atoms with Gasteiger partial charge in [-0.1, -0.05) is 30.3 Å². The number of aryl methyl sites for hydroxylation is 1. The molecule has 0 aliphatic carbocycles. The maximum Gasteiger partial charge on any atom is 0.255 e. The van der Waals surface area contributed by atoms with Crippen molar-refractivity contribution in [3.8, 4) is 0 Å². The molecule has 16 nitrogen and oxygen atoms in total. The van der Waals surface area contributed by atoms with Crippen LogP contribution in [0.4, 0.5) is 10.2 Å². The summed E-state index contributed by atoms with van der Waals surface area (Å²) in [6, 6.07) is 8.45. The van der Waals surface area contributed by atoms with Crippen LogP contribution in [0.25, 0.3) is 10.9 Å². The number of aliphatic imine (C=N–C) groups is 1. The number of guanidine groups is 1. The van der Waals surface area contributed by atoms with E-state index in [1.54, 1.807) is 12.1 Å². The van der Waals surface area contributed by atoms with Gasteiger partial charge in [-0.2, -0.15) is 0 Å². The third kappa shape index (κ3) is 9.09. The van der Waals surface area contributed by atoms with Crippen LogP contribution in [-0.4, -0.2) is 80.7 Å². The van der Waals surface area contributed by atoms with E-state index in [1.165, 1.54) is 48.3 Å². The Hall–Kier alpha value is -6.26. The molecule has 274 valence electrons. The largest absolute Gasteiger partial charge is 0.370 e. The van der Waals surface area contributed by atoms with Crippen molar-refractivity contribution in [2.45, 2.75) is 69.6 Å². The van der Waals surface area contributed by atoms with E-state index in [0.717, 1.165) is 10.9 Å². The molecule has 0 radical (unpaired) electrons. The van der Waals surface area contributed by atoms with Gasteiger partial charge in [0.05, 0.1) is 11.8 Å². The second-order valence-electron chi connectivity index (χ2n) is 12.6. The summed E-state index contributed by atoms with van der Waals surface area (Å²) < 4.78 is 15.2. The van der Waals surface area contributed by atoms with Crippen LogP contribution in [0.3, 0.4) is 0 Å². The van der Waals surface area contributed by atoms with E-state index in [9.17, 15) is 28.4 Å². The molecule has 11 N–H and O–H groups in total. The molecule has 1 aliphatic heterocycles. The van der Waals surface area contributed by atoms with Gasteiger partial charge in [-0.05, 0) is 49.4 Å². The highest BCUT2D eigenvalue weighted by Gasteiger charge is 2.34. The molecule has 4 aromatic rings. The van der Waals surface area contributed by atoms with Crippen LogP contribution in [0.5, 0.6) is 0 Å². The number of aromatic nitrogens is 3. The maximum absolute atomic E-state index is 14.6. The summed E-state index contributed by atoms with van der Waals surface area (Å²) in [5, 5.41) is 12.1. The van der Waals surface area contributed by atoms with Crippen molar-refractivity contribution in [1.82, 2.24) is 30.5 Å². The van der Waals surface area contributed by atoms with Gasteiger partial charge in [0.2, 0.25) is 23.6 Å². The quantitative estimate of drug-likeness (QED) is 0.0480. The fraction of sp³-hybridized carbons (Fsp3) is 0.343. The van der Waals surface area contributed by atoms with Crippen LogP contribution in [0.1, 0.15) is 47.8 Å². The molecule has 5 rings (SSSR count). The number of carbonyl (C=O) groups is 5. The van der Waals surface area contributed by atoms with Gasteiger partial charge >= 0.3 is 0 Å². The Morgan fingerprint density at radius 1 is 0.962 bits per heavy atom. The van der Waals surface area contributed by atoms with Crippen LogP contribution in [0.2, 0.25) is 0 Å². The summed E-state index contributed by atoms with van der Waals surface area (Å²) in [5.74, 6) is -3.16. The minimum Gasteiger partial charge on any atom is -0.370 e. The first-order valence-corrected chi connectivity index (χ1v) is 16.8. The Kier molecular flexibility index (Phi) is 11.8. The fourth-order valence-corrected chi connectivity index (χ4v) is 6.28. The predicted octanol–water partition coefficient (Wildman–Crippen LogP) is 0.369. The smallest absolute Gasteiger partial charge is 0.255 e. The molecule has 1 unspecified atom stereocenters. The molecular weight excluding hydrogens is 673 g/mol. The first kappa shape index (κ1) is 37.0. The number of imidazole rings is 1. The monoisotopic (exact) mass is 715 g/mol. The molecule has 2 aromatic heterocycles. The van der Waals surface area contributed by atoms with Crippen LogP contribution in [0.15, 0.2) is 66.0 Å². The van der Waals surface area contributed by atoms with Gasteiger partial charge < -0.3 is 43.5 Å². The number of rotatable bonds is 15. The summed E-state index contributed by atoms with van der Waals surface area (Å²) in [4.78, 5) is 77.6. The van der Waals surface area contributed by atoms with Crippen molar-refractivity contribution in [3.63, 3.8) is 0 Å². The van der Waals surface area contributed by atoms with E-state index in [4.69, 9.17) is 17.2 Å². The minimum atomic E-state index is -1.27. The topological polar surface area (TPSA) is 258 Å². The summed E-state index contributed by atoms with van der Waals surface area (Å²) in [6.45, 7) is 1.43. The first-order valence-electron chi connectivity index (χ1n) is 16.8. The number of H-pyrrole nitrogens is 1. The number of primary amides is 1. The zero-order valence-electron chi connectivity index (χ0n) is 28.5. The van der Waals surface area contributed by atoms with E-state index < -0.39 is 59.5 Å². The Bertz CT molecular complexity index is 1960. The Morgan fingerprint density at radius 3 is 2.31 bits per heavy atom. The normalized spacial score (nSPS) is 15.3. The van der Waals surface area contributed by atoms with Crippen LogP contribution in [-0.2, 0) is 38.4 Å². The zero-order chi connectivity index (χ0) is 37.4. The summed E-state index contributed by atoms with van der Waals surface area (Å²) in [5.41, 5.74) is 19.1. The maximum atomic E-state index is 14.6. The predicted molar refractivity (Wildman–Crippen MR) is 191 cm³/mol. The summed E-state index contributed by atoms with van der Waals surface area (Å²) >= 11 is 0. The van der Waals surface area contributed by atoms with Crippen molar-refractivity contribution < 1.29 is 28.4 Å². The number of fused-ring (bicyclic) bond motifs is 3. The molecule has 0 saturated heterocycles. The Labute approximate surface area is 298 Å². The number of amides is 4. The van der Waals surface area contributed by atoms with E-state index in [0.29, 0.717) is 35.4 Å². The number of nitrogens with zero attached hydrogens (tertiary/aromatic N) is 3. The fourth-order valence-electron chi connectivity index (χ4n) is 6.28. The molecule has 0 bridgehead atoms. The molecule has 4 amide bonds. The number of para-hydroxylation sites is 1. The SMILES string of the molecule is CC(=O)N[C@@H](Cc1cnc[nH]1)C(=O)N[C@H](Cc1ccc(F)cc1)C(=O)N[C@@H](CCCN=C(N)N)C(=O)n1c2c(c3ccccc31)CCC(C(N)=O)N2. The van der Waals surface area contributed by atoms with E-state index >= 15 is 0 Å². The molecule has 4 atom stereocenters. The van der Waals surface area contributed by atoms with Gasteiger partial charge in [-0.3, -0.25) is 33.5 Å². The number of benzene rings is 2. The van der Waals surface area contributed by atoms with Gasteiger partial charge in [0.25, 0.3) is 5.91 Å². The number of carbonyl (C=O) groups excluding carboxylic acids is 5. The lowest BCUT2D eigenvalue weighted by Gasteiger charge is -2.27. The Balaban J connectivity index is 1.48. The molecule has 0 spiro atoms. The number of hydrogen-bond donors (Lipinski definition) is 8. The van der Waals surface area contributed by atoms with Gasteiger partial charge in [0.15, 0.2) is 5.96 Å². The van der Waals surface area contributed by atoms with Crippen molar-refractivity contribution in [3.05, 3.63) is 83.7 Å². The molecule has 2 aromatic carbocycles. The van der Waals surface area contributed by atoms with E-state index in [2.05, 4.69) is 36.2 Å². The van der Waals surface area contributed by atoms with Gasteiger partial charge in [0, 0.05) is 49.2 Å². The molecule has 0 fully saturated rings. The average Bonchev–Trinajstić information content (AvgIpc) is 3.74. The van der Waals surface area contributed by atoms with E-state index in [-0.39, 0.29) is 38.2 Å². The molecule has 3 heterocycles. The lowest BCUT2D eigenvalue weighted by molar-refractivity contribution is -0.131. The van der Waals surface area contributed by atoms with Gasteiger partial charge in [0.1, 0.15) is 35.8 Å². The molecular formula is C35H42FN11O5. The number of hydrogen-bond acceptors (Lipinski definition) is 8. The standard InChI is InChI=1S/C35H42FN11O5/c1-19(48)43-28(16-22-17-40-18-42-22)33(51)46-27(15-20-8-10-21(36)11-9-20)32(50)45-26(6-4-14-41-35(38)39)34(52)47-29-7-3-2-5-23(29)24-12-13-25(30(37)49)44-31(24)47/h2-3,5,7-11,17-18,25-28,44H,4,6,12-16H2,1H3,(H2,37,49)(H,40,42)(H,43,48)(H,45,50)(H,46,51)(H4,38,39,41)/t25?,26-,27+,28-/m0/s1. The highest BCUT2D eigenvalue weighted by Crippen LogP contribution is 2.35. The number of anilines is 1. The second-order valence-corrected chi connectivity index (χ2v) is 12.6. The molecule has 52 heavy (non-hydrogen) atoms. The lowest BCUT2D eigenvalue weighted by atomic mass is 9.99. The number of nitrogens with two attached hydrogens (primary N) is 3. The minimum absolute atomic E-state index is 0.0489. The zero-order valence-corrected chi connectivity index (χ0v) is 28.5. The van der Waals surface area contributed by atoms with Crippen molar-refractivity contribution in [2.75, 3.05) is 11.9 Å². The van der Waals surface area contributed by atoms with Crippen LogP contribution in [0, 0.1) is 5.82 Å². The number of halogens is 1. The average molecular weight is 716 g/mol. The summed E-state index contributed by atoms with van der Waals surface area (Å²) in [6.07, 6.45) is 4.21. The van der Waals surface area contributed by atoms with E-state index in [1.807, 2.05) is 12.1 Å². The molecule has 0 saturated carbocycles. The Morgan fingerprint density at radius 2 is 1.65 bits per heavy atom. The van der Waals surface area contributed by atoms with Crippen LogP contribution < -0.4 is 38.5 Å².